The Balaban J connectivity index is 1.81. The first-order valence-electron chi connectivity index (χ1n) is 8.53. The largest absolute Gasteiger partial charge is 0.416 e. The minimum atomic E-state index is -4.53. The predicted molar refractivity (Wildman–Crippen MR) is 100 cm³/mol. The van der Waals surface area contributed by atoms with E-state index in [-0.39, 0.29) is 10.6 Å². The van der Waals surface area contributed by atoms with Gasteiger partial charge in [-0.05, 0) is 48.5 Å². The Hall–Kier alpha value is -3.54. The van der Waals surface area contributed by atoms with E-state index in [1.165, 1.54) is 6.07 Å². The Morgan fingerprint density at radius 3 is 2.32 bits per heavy atom. The molecule has 1 heterocycles. The van der Waals surface area contributed by atoms with E-state index in [0.29, 0.717) is 4.68 Å². The highest BCUT2D eigenvalue weighted by atomic mass is 32.2. The average molecular weight is 455 g/mol. The van der Waals surface area contributed by atoms with Crippen LogP contribution in [0.3, 0.4) is 0 Å². The van der Waals surface area contributed by atoms with Crippen LogP contribution in [-0.4, -0.2) is 24.1 Å². The van der Waals surface area contributed by atoms with Gasteiger partial charge in [0.25, 0.3) is 5.56 Å². The van der Waals surface area contributed by atoms with Crippen LogP contribution >= 0.6 is 0 Å². The maximum atomic E-state index is 13.4. The zero-order valence-electron chi connectivity index (χ0n) is 15.4. The second kappa shape index (κ2) is 8.30. The topological polar surface area (TPSA) is 98.1 Å². The van der Waals surface area contributed by atoms with Crippen LogP contribution in [0.25, 0.3) is 0 Å². The summed E-state index contributed by atoms with van der Waals surface area (Å²) in [5.41, 5.74) is -1.66. The summed E-state index contributed by atoms with van der Waals surface area (Å²) in [4.78, 5) is 23.7. The van der Waals surface area contributed by atoms with Crippen molar-refractivity contribution in [2.45, 2.75) is 22.6 Å². The summed E-state index contributed by atoms with van der Waals surface area (Å²) in [7, 11) is -4.26. The van der Waals surface area contributed by atoms with Gasteiger partial charge in [0.05, 0.1) is 10.5 Å². The predicted octanol–water partition coefficient (Wildman–Crippen LogP) is 2.87. The zero-order chi connectivity index (χ0) is 22.8. The van der Waals surface area contributed by atoms with Crippen molar-refractivity contribution in [1.29, 1.82) is 0 Å². The van der Waals surface area contributed by atoms with Crippen LogP contribution in [-0.2, 0) is 27.4 Å². The number of halogens is 4. The lowest BCUT2D eigenvalue weighted by atomic mass is 10.2. The minimum absolute atomic E-state index is 0.0367. The van der Waals surface area contributed by atoms with Crippen LogP contribution in [0.2, 0.25) is 0 Å². The van der Waals surface area contributed by atoms with E-state index in [1.54, 1.807) is 0 Å². The third-order valence-corrected chi connectivity index (χ3v) is 5.66. The Labute approximate surface area is 172 Å². The molecule has 3 aromatic rings. The highest BCUT2D eigenvalue weighted by Gasteiger charge is 2.30. The van der Waals surface area contributed by atoms with Crippen LogP contribution in [0.1, 0.15) is 5.56 Å². The highest BCUT2D eigenvalue weighted by molar-refractivity contribution is 7.91. The van der Waals surface area contributed by atoms with Crippen molar-refractivity contribution in [2.75, 3.05) is 5.32 Å². The molecule has 162 valence electrons. The molecule has 1 N–H and O–H groups in total. The van der Waals surface area contributed by atoms with E-state index in [2.05, 4.69) is 10.4 Å². The number of hydrogen-bond donors (Lipinski definition) is 1. The van der Waals surface area contributed by atoms with Gasteiger partial charge >= 0.3 is 6.18 Å². The Kier molecular flexibility index (Phi) is 5.93. The van der Waals surface area contributed by atoms with Gasteiger partial charge < -0.3 is 5.32 Å². The highest BCUT2D eigenvalue weighted by Crippen LogP contribution is 2.29. The molecule has 7 nitrogen and oxygen atoms in total. The average Bonchev–Trinajstić information content (AvgIpc) is 2.69. The summed E-state index contributed by atoms with van der Waals surface area (Å²) >= 11 is 0. The van der Waals surface area contributed by atoms with Crippen molar-refractivity contribution in [2.24, 2.45) is 0 Å². The zero-order valence-corrected chi connectivity index (χ0v) is 16.2. The number of aromatic nitrogens is 2. The molecule has 0 fully saturated rings. The molecule has 0 unspecified atom stereocenters. The third-order valence-electron chi connectivity index (χ3n) is 4.01. The molecule has 0 saturated carbocycles. The molecule has 0 saturated heterocycles. The summed E-state index contributed by atoms with van der Waals surface area (Å²) < 4.78 is 76.9. The van der Waals surface area contributed by atoms with Crippen LogP contribution in [0.15, 0.2) is 75.4 Å². The molecule has 2 aromatic carbocycles. The molecule has 1 amide bonds. The fraction of sp³-hybridized carbons (Fsp3) is 0.105. The molecule has 0 aliphatic rings. The van der Waals surface area contributed by atoms with Crippen LogP contribution in [0.4, 0.5) is 23.2 Å². The third kappa shape index (κ3) is 5.15. The second-order valence-corrected chi connectivity index (χ2v) is 8.15. The number of nitrogens with one attached hydrogen (secondary N) is 1. The van der Waals surface area contributed by atoms with E-state index < -0.39 is 50.4 Å². The van der Waals surface area contributed by atoms with E-state index in [0.717, 1.165) is 54.6 Å². The lowest BCUT2D eigenvalue weighted by Crippen LogP contribution is -2.30. The maximum Gasteiger partial charge on any atom is 0.416 e. The van der Waals surface area contributed by atoms with Gasteiger partial charge in [0.1, 0.15) is 12.4 Å². The second-order valence-electron chi connectivity index (χ2n) is 6.25. The standard InChI is InChI=1S/C19H13F4N3O4S/c20-13-2-1-3-15(10-13)31(29,30)17-8-9-18(28)26(25-17)11-16(27)24-14-6-4-12(5-7-14)19(21,22)23/h1-10H,11H2,(H,24,27). The number of alkyl halides is 3. The van der Waals surface area contributed by atoms with E-state index >= 15 is 0 Å². The van der Waals surface area contributed by atoms with Crippen molar-refractivity contribution in [1.82, 2.24) is 9.78 Å². The Morgan fingerprint density at radius 2 is 1.71 bits per heavy atom. The van der Waals surface area contributed by atoms with Crippen LogP contribution in [0, 0.1) is 5.82 Å². The SMILES string of the molecule is O=C(Cn1nc(S(=O)(=O)c2cccc(F)c2)ccc1=O)Nc1ccc(C(F)(F)F)cc1. The van der Waals surface area contributed by atoms with Gasteiger partial charge in [-0.1, -0.05) is 6.07 Å². The first kappa shape index (κ1) is 22.2. The number of nitrogens with zero attached hydrogens (tertiary/aromatic N) is 2. The van der Waals surface area contributed by atoms with Crippen LogP contribution < -0.4 is 10.9 Å². The molecule has 0 radical (unpaired) electrons. The normalized spacial score (nSPS) is 11.9. The van der Waals surface area contributed by atoms with Crippen molar-refractivity contribution in [3.63, 3.8) is 0 Å². The van der Waals surface area contributed by atoms with Crippen LogP contribution in [0.5, 0.6) is 0 Å². The molecule has 0 spiro atoms. The number of sulfone groups is 1. The molecule has 12 heteroatoms. The number of rotatable bonds is 5. The Morgan fingerprint density at radius 1 is 1.03 bits per heavy atom. The molecular weight excluding hydrogens is 442 g/mol. The number of anilines is 1. The molecule has 0 bridgehead atoms. The molecule has 31 heavy (non-hydrogen) atoms. The first-order valence-corrected chi connectivity index (χ1v) is 10.0. The fourth-order valence-electron chi connectivity index (χ4n) is 2.52. The van der Waals surface area contributed by atoms with Gasteiger partial charge in [0.15, 0.2) is 5.03 Å². The van der Waals surface area contributed by atoms with E-state index in [1.807, 2.05) is 0 Å². The number of carbonyl (C=O) groups is 1. The fourth-order valence-corrected chi connectivity index (χ4v) is 3.74. The van der Waals surface area contributed by atoms with Gasteiger partial charge in [-0.15, -0.1) is 0 Å². The van der Waals surface area contributed by atoms with Crippen molar-refractivity contribution in [3.8, 4) is 0 Å². The summed E-state index contributed by atoms with van der Waals surface area (Å²) in [6.45, 7) is -0.702. The summed E-state index contributed by atoms with van der Waals surface area (Å²) in [6, 6.07) is 9.57. The molecule has 0 aliphatic heterocycles. The molecule has 3 rings (SSSR count). The summed E-state index contributed by atoms with van der Waals surface area (Å²) in [6.07, 6.45) is -4.53. The van der Waals surface area contributed by atoms with E-state index in [9.17, 15) is 35.6 Å². The number of carbonyl (C=O) groups excluding carboxylic acids is 1. The Bertz CT molecular complexity index is 1290. The van der Waals surface area contributed by atoms with Gasteiger partial charge in [-0.25, -0.2) is 17.5 Å². The monoisotopic (exact) mass is 455 g/mol. The molecule has 0 aliphatic carbocycles. The quantitative estimate of drug-likeness (QED) is 0.597. The van der Waals surface area contributed by atoms with Gasteiger partial charge in [0.2, 0.25) is 15.7 Å². The molecular formula is C19H13F4N3O4S. The van der Waals surface area contributed by atoms with E-state index in [4.69, 9.17) is 0 Å². The summed E-state index contributed by atoms with van der Waals surface area (Å²) in [5.74, 6) is -1.61. The van der Waals surface area contributed by atoms with Crippen molar-refractivity contribution >= 4 is 21.4 Å². The van der Waals surface area contributed by atoms with Gasteiger partial charge in [-0.3, -0.25) is 9.59 Å². The first-order chi connectivity index (χ1) is 14.5. The lowest BCUT2D eigenvalue weighted by molar-refractivity contribution is -0.137. The summed E-state index contributed by atoms with van der Waals surface area (Å²) in [5, 5.41) is 5.37. The lowest BCUT2D eigenvalue weighted by Gasteiger charge is -2.10. The van der Waals surface area contributed by atoms with Gasteiger partial charge in [0, 0.05) is 11.8 Å². The number of amides is 1. The van der Waals surface area contributed by atoms with Gasteiger partial charge in [-0.2, -0.15) is 18.3 Å². The maximum absolute atomic E-state index is 13.4. The molecule has 1 aromatic heterocycles. The molecule has 0 atom stereocenters. The number of benzene rings is 2. The van der Waals surface area contributed by atoms with Crippen molar-refractivity contribution in [3.05, 3.63) is 82.4 Å². The number of hydrogen-bond acceptors (Lipinski definition) is 5. The smallest absolute Gasteiger partial charge is 0.324 e. The van der Waals surface area contributed by atoms with Crippen molar-refractivity contribution < 1.29 is 30.8 Å². The minimum Gasteiger partial charge on any atom is -0.324 e.